The smallest absolute Gasteiger partial charge is 0.127 e. The number of hydrogen-bond acceptors (Lipinski definition) is 3. The highest BCUT2D eigenvalue weighted by molar-refractivity contribution is 5.49. The van der Waals surface area contributed by atoms with Crippen molar-refractivity contribution in [2.75, 3.05) is 13.2 Å². The van der Waals surface area contributed by atoms with Gasteiger partial charge in [-0.15, -0.1) is 0 Å². The molecule has 1 atom stereocenters. The van der Waals surface area contributed by atoms with Crippen molar-refractivity contribution >= 4 is 0 Å². The van der Waals surface area contributed by atoms with Crippen LogP contribution in [0.3, 0.4) is 0 Å². The van der Waals surface area contributed by atoms with Crippen molar-refractivity contribution in [3.8, 4) is 5.75 Å². The number of pyridine rings is 1. The molecule has 1 aliphatic heterocycles. The zero-order valence-electron chi connectivity index (χ0n) is 12.9. The van der Waals surface area contributed by atoms with Gasteiger partial charge in [0, 0.05) is 23.4 Å². The highest BCUT2D eigenvalue weighted by Gasteiger charge is 2.23. The number of aromatic nitrogens is 1. The highest BCUT2D eigenvalue weighted by atomic mass is 16.5. The average molecular weight is 282 g/mol. The number of fused-ring (bicyclic) bond motifs is 1. The predicted octanol–water partition coefficient (Wildman–Crippen LogP) is 3.33. The molecule has 0 bridgehead atoms. The summed E-state index contributed by atoms with van der Waals surface area (Å²) in [4.78, 5) is 4.48. The number of ether oxygens (including phenoxy) is 1. The molecule has 1 unspecified atom stereocenters. The molecule has 1 aliphatic rings. The van der Waals surface area contributed by atoms with Gasteiger partial charge < -0.3 is 10.1 Å². The first-order valence-corrected chi connectivity index (χ1v) is 7.62. The van der Waals surface area contributed by atoms with Crippen LogP contribution in [0.25, 0.3) is 0 Å². The number of nitrogens with zero attached hydrogens (tertiary/aromatic N) is 1. The quantitative estimate of drug-likeness (QED) is 0.934. The van der Waals surface area contributed by atoms with E-state index < -0.39 is 0 Å². The van der Waals surface area contributed by atoms with Gasteiger partial charge in [-0.1, -0.05) is 25.1 Å². The van der Waals surface area contributed by atoms with Gasteiger partial charge in [-0.05, 0) is 43.7 Å². The van der Waals surface area contributed by atoms with Crippen LogP contribution in [-0.2, 0) is 6.42 Å². The summed E-state index contributed by atoms with van der Waals surface area (Å²) in [6.45, 7) is 7.93. The van der Waals surface area contributed by atoms with Crippen LogP contribution in [-0.4, -0.2) is 18.1 Å². The van der Waals surface area contributed by atoms with Gasteiger partial charge in [0.25, 0.3) is 0 Å². The predicted molar refractivity (Wildman–Crippen MR) is 84.9 cm³/mol. The molecule has 3 nitrogen and oxygen atoms in total. The second kappa shape index (κ2) is 5.86. The maximum Gasteiger partial charge on any atom is 0.127 e. The van der Waals surface area contributed by atoms with Crippen LogP contribution >= 0.6 is 0 Å². The number of aryl methyl sites for hydroxylation is 2. The first-order valence-electron chi connectivity index (χ1n) is 7.62. The molecule has 21 heavy (non-hydrogen) atoms. The lowest BCUT2D eigenvalue weighted by Gasteiger charge is -2.22. The minimum atomic E-state index is 0.156. The fraction of sp³-hybridized carbons (Fsp3) is 0.389. The molecule has 1 N–H and O–H groups in total. The zero-order chi connectivity index (χ0) is 14.8. The summed E-state index contributed by atoms with van der Waals surface area (Å²) in [7, 11) is 0. The van der Waals surface area contributed by atoms with Crippen molar-refractivity contribution < 1.29 is 4.74 Å². The van der Waals surface area contributed by atoms with E-state index >= 15 is 0 Å². The van der Waals surface area contributed by atoms with E-state index in [2.05, 4.69) is 47.6 Å². The SMILES string of the molecule is CCNC(c1cc(C)nc(C)c1)c1cccc2c1OCC2. The monoisotopic (exact) mass is 282 g/mol. The van der Waals surface area contributed by atoms with Crippen LogP contribution in [0.1, 0.15) is 41.0 Å². The van der Waals surface area contributed by atoms with Gasteiger partial charge in [0.15, 0.2) is 0 Å². The van der Waals surface area contributed by atoms with E-state index in [1.165, 1.54) is 16.7 Å². The van der Waals surface area contributed by atoms with E-state index in [-0.39, 0.29) is 6.04 Å². The lowest BCUT2D eigenvalue weighted by atomic mass is 9.95. The van der Waals surface area contributed by atoms with E-state index in [1.54, 1.807) is 0 Å². The second-order valence-corrected chi connectivity index (χ2v) is 5.61. The Morgan fingerprint density at radius 2 is 2.00 bits per heavy atom. The number of nitrogens with one attached hydrogen (secondary N) is 1. The van der Waals surface area contributed by atoms with E-state index in [0.29, 0.717) is 0 Å². The Labute approximate surface area is 126 Å². The van der Waals surface area contributed by atoms with Crippen molar-refractivity contribution in [3.05, 3.63) is 58.4 Å². The maximum atomic E-state index is 5.88. The van der Waals surface area contributed by atoms with E-state index in [0.717, 1.165) is 36.7 Å². The van der Waals surface area contributed by atoms with Crippen molar-refractivity contribution in [3.63, 3.8) is 0 Å². The summed E-state index contributed by atoms with van der Waals surface area (Å²) in [5.41, 5.74) is 5.92. The molecular weight excluding hydrogens is 260 g/mol. The van der Waals surface area contributed by atoms with Crippen LogP contribution in [0.5, 0.6) is 5.75 Å². The molecule has 0 spiro atoms. The van der Waals surface area contributed by atoms with Crippen molar-refractivity contribution in [2.24, 2.45) is 0 Å². The minimum absolute atomic E-state index is 0.156. The fourth-order valence-corrected chi connectivity index (χ4v) is 3.11. The maximum absolute atomic E-state index is 5.88. The summed E-state index contributed by atoms with van der Waals surface area (Å²) >= 11 is 0. The first kappa shape index (κ1) is 14.1. The van der Waals surface area contributed by atoms with Crippen LogP contribution in [0.2, 0.25) is 0 Å². The number of rotatable bonds is 4. The minimum Gasteiger partial charge on any atom is -0.493 e. The molecule has 0 aliphatic carbocycles. The lowest BCUT2D eigenvalue weighted by molar-refractivity contribution is 0.350. The Kier molecular flexibility index (Phi) is 3.93. The number of benzene rings is 1. The standard InChI is InChI=1S/C18H22N2O/c1-4-19-17(15-10-12(2)20-13(3)11-15)16-7-5-6-14-8-9-21-18(14)16/h5-7,10-11,17,19H,4,8-9H2,1-3H3. The Morgan fingerprint density at radius 3 is 2.71 bits per heavy atom. The molecule has 1 aromatic carbocycles. The van der Waals surface area contributed by atoms with Gasteiger partial charge in [-0.25, -0.2) is 0 Å². The van der Waals surface area contributed by atoms with Crippen LogP contribution in [0.15, 0.2) is 30.3 Å². The van der Waals surface area contributed by atoms with Crippen molar-refractivity contribution in [2.45, 2.75) is 33.2 Å². The lowest BCUT2D eigenvalue weighted by Crippen LogP contribution is -2.23. The number of hydrogen-bond donors (Lipinski definition) is 1. The summed E-state index contributed by atoms with van der Waals surface area (Å²) in [5.74, 6) is 1.07. The van der Waals surface area contributed by atoms with Crippen LogP contribution < -0.4 is 10.1 Å². The van der Waals surface area contributed by atoms with Crippen molar-refractivity contribution in [1.29, 1.82) is 0 Å². The largest absolute Gasteiger partial charge is 0.493 e. The molecule has 110 valence electrons. The van der Waals surface area contributed by atoms with E-state index in [4.69, 9.17) is 4.74 Å². The molecule has 1 aromatic heterocycles. The van der Waals surface area contributed by atoms with Gasteiger partial charge >= 0.3 is 0 Å². The second-order valence-electron chi connectivity index (χ2n) is 5.61. The van der Waals surface area contributed by atoms with Gasteiger partial charge in [-0.2, -0.15) is 0 Å². The van der Waals surface area contributed by atoms with E-state index in [9.17, 15) is 0 Å². The third kappa shape index (κ3) is 2.79. The third-order valence-electron chi connectivity index (χ3n) is 3.90. The molecule has 3 heteroatoms. The van der Waals surface area contributed by atoms with Crippen molar-refractivity contribution in [1.82, 2.24) is 10.3 Å². The highest BCUT2D eigenvalue weighted by Crippen LogP contribution is 2.36. The molecular formula is C18H22N2O. The third-order valence-corrected chi connectivity index (χ3v) is 3.90. The Bertz CT molecular complexity index is 631. The number of para-hydroxylation sites is 1. The van der Waals surface area contributed by atoms with Crippen LogP contribution in [0, 0.1) is 13.8 Å². The summed E-state index contributed by atoms with van der Waals surface area (Å²) in [6.07, 6.45) is 1.01. The average Bonchev–Trinajstić information content (AvgIpc) is 2.92. The Morgan fingerprint density at radius 1 is 1.24 bits per heavy atom. The first-order chi connectivity index (χ1) is 10.2. The molecule has 0 saturated heterocycles. The van der Waals surface area contributed by atoms with Gasteiger partial charge in [-0.3, -0.25) is 4.98 Å². The van der Waals surface area contributed by atoms with Crippen LogP contribution in [0.4, 0.5) is 0 Å². The molecule has 0 fully saturated rings. The molecule has 0 radical (unpaired) electrons. The topological polar surface area (TPSA) is 34.2 Å². The molecule has 0 amide bonds. The summed E-state index contributed by atoms with van der Waals surface area (Å²) in [6, 6.07) is 10.9. The molecule has 2 heterocycles. The molecule has 0 saturated carbocycles. The Hall–Kier alpha value is -1.87. The molecule has 3 rings (SSSR count). The molecule has 2 aromatic rings. The summed E-state index contributed by atoms with van der Waals surface area (Å²) in [5, 5.41) is 3.59. The Balaban J connectivity index is 2.08. The fourth-order valence-electron chi connectivity index (χ4n) is 3.11. The van der Waals surface area contributed by atoms with E-state index in [1.807, 2.05) is 13.8 Å². The normalized spacial score (nSPS) is 14.6. The van der Waals surface area contributed by atoms with Gasteiger partial charge in [0.1, 0.15) is 5.75 Å². The van der Waals surface area contributed by atoms with Gasteiger partial charge in [0.2, 0.25) is 0 Å². The zero-order valence-corrected chi connectivity index (χ0v) is 12.9. The summed E-state index contributed by atoms with van der Waals surface area (Å²) < 4.78 is 5.88. The van der Waals surface area contributed by atoms with Gasteiger partial charge in [0.05, 0.1) is 12.6 Å².